The van der Waals surface area contributed by atoms with Crippen LogP contribution < -0.4 is 0 Å². The molecule has 0 saturated carbocycles. The Hall–Kier alpha value is -10.8. The van der Waals surface area contributed by atoms with Gasteiger partial charge < -0.3 is 4.57 Å². The Morgan fingerprint density at radius 2 is 0.611 bits per heavy atom. The summed E-state index contributed by atoms with van der Waals surface area (Å²) in [5.41, 5.74) is 16.3. The first-order valence-corrected chi connectivity index (χ1v) is 23.1. The molecule has 0 unspecified atom stereocenters. The fraction of sp³-hybridized carbons (Fsp3) is 0. The van der Waals surface area contributed by atoms with E-state index in [4.69, 9.17) is 4.98 Å². The van der Waals surface area contributed by atoms with Crippen LogP contribution in [0, 0.1) is 56.7 Å². The fourth-order valence-corrected chi connectivity index (χ4v) is 10.0. The molecule has 8 heteroatoms. The second-order valence-electron chi connectivity index (χ2n) is 17.6. The zero-order chi connectivity index (χ0) is 48.9. The molecular formula is C64H34N8. The number of benzene rings is 9. The summed E-state index contributed by atoms with van der Waals surface area (Å²) in [5.74, 6) is 0.646. The summed E-state index contributed by atoms with van der Waals surface area (Å²) in [6, 6.07) is 77.1. The van der Waals surface area contributed by atoms with Crippen molar-refractivity contribution >= 4 is 43.6 Å². The van der Waals surface area contributed by atoms with Crippen molar-refractivity contribution in [1.82, 2.24) is 14.1 Å². The third-order valence-corrected chi connectivity index (χ3v) is 13.5. The van der Waals surface area contributed by atoms with E-state index >= 15 is 0 Å². The van der Waals surface area contributed by atoms with Crippen molar-refractivity contribution in [3.63, 3.8) is 0 Å². The second-order valence-corrected chi connectivity index (χ2v) is 17.6. The van der Waals surface area contributed by atoms with Crippen LogP contribution >= 0.6 is 0 Å². The summed E-state index contributed by atoms with van der Waals surface area (Å²) in [7, 11) is 0. The van der Waals surface area contributed by atoms with Gasteiger partial charge in [0.05, 0.1) is 92.1 Å². The van der Waals surface area contributed by atoms with Crippen LogP contribution in [-0.2, 0) is 0 Å². The summed E-state index contributed by atoms with van der Waals surface area (Å²) in [6.07, 6.45) is 1.92. The van der Waals surface area contributed by atoms with Gasteiger partial charge in [0.15, 0.2) is 0 Å². The van der Waals surface area contributed by atoms with E-state index in [-0.39, 0.29) is 0 Å². The lowest BCUT2D eigenvalue weighted by Crippen LogP contribution is -2.04. The van der Waals surface area contributed by atoms with E-state index in [0.29, 0.717) is 33.6 Å². The number of nitriles is 5. The SMILES string of the molecule is N#Cc1ccc(-c2cc(-n3c4cc(-c5cccc(C#N)c5)ccc4c4ccc(-c5cccc(C#N)c5)cc43)ncc2-n2c3cc(-c4cccc(C#N)c4)ccc3c3ccc(-c4cccc(C#N)c4)cc32)cc1. The molecule has 330 valence electrons. The summed E-state index contributed by atoms with van der Waals surface area (Å²) in [6.45, 7) is 0. The van der Waals surface area contributed by atoms with Crippen molar-refractivity contribution in [2.45, 2.75) is 0 Å². The van der Waals surface area contributed by atoms with Gasteiger partial charge in [0.2, 0.25) is 0 Å². The number of hydrogen-bond acceptors (Lipinski definition) is 6. The van der Waals surface area contributed by atoms with Crippen LogP contribution in [0.5, 0.6) is 0 Å². The van der Waals surface area contributed by atoms with E-state index in [0.717, 1.165) is 105 Å². The highest BCUT2D eigenvalue weighted by Crippen LogP contribution is 2.42. The van der Waals surface area contributed by atoms with E-state index < -0.39 is 0 Å². The Labute approximate surface area is 413 Å². The van der Waals surface area contributed by atoms with E-state index in [1.807, 2.05) is 103 Å². The maximum Gasteiger partial charge on any atom is 0.138 e. The summed E-state index contributed by atoms with van der Waals surface area (Å²) in [4.78, 5) is 5.41. The Morgan fingerprint density at radius 3 is 0.958 bits per heavy atom. The van der Waals surface area contributed by atoms with Crippen LogP contribution in [0.4, 0.5) is 0 Å². The molecule has 0 amide bonds. The van der Waals surface area contributed by atoms with Gasteiger partial charge >= 0.3 is 0 Å². The molecule has 72 heavy (non-hydrogen) atoms. The van der Waals surface area contributed by atoms with Crippen LogP contribution in [-0.4, -0.2) is 14.1 Å². The highest BCUT2D eigenvalue weighted by Gasteiger charge is 2.22. The minimum Gasteiger partial charge on any atom is -0.307 e. The molecule has 0 spiro atoms. The van der Waals surface area contributed by atoms with Crippen molar-refractivity contribution in [2.75, 3.05) is 0 Å². The van der Waals surface area contributed by atoms with Crippen LogP contribution in [0.3, 0.4) is 0 Å². The Bertz CT molecular complexity index is 4230. The second kappa shape index (κ2) is 17.4. The standard InChI is InChI=1S/C64H34N8/c65-34-40-13-15-45(16-14-40)58-33-64(72-61-31-52(48-11-3-7-43(27-48)37-68)19-23-56(61)57-24-20-53(32-62(57)72)49-12-4-8-44(28-49)38-69)70-39-63(58)71-59-29-50(46-9-1-5-41(25-46)35-66)17-21-54(59)55-22-18-51(30-60(55)71)47-10-2-6-42(26-47)36-67/h1-33,39H. The van der Waals surface area contributed by atoms with Crippen molar-refractivity contribution in [3.05, 3.63) is 234 Å². The number of pyridine rings is 1. The zero-order valence-electron chi connectivity index (χ0n) is 38.2. The maximum absolute atomic E-state index is 9.95. The molecule has 3 heterocycles. The number of rotatable bonds is 7. The molecule has 0 N–H and O–H groups in total. The number of hydrogen-bond donors (Lipinski definition) is 0. The molecule has 0 fully saturated rings. The molecule has 8 nitrogen and oxygen atoms in total. The Kier molecular flexibility index (Phi) is 10.3. The smallest absolute Gasteiger partial charge is 0.138 e. The van der Waals surface area contributed by atoms with Crippen molar-refractivity contribution < 1.29 is 0 Å². The predicted octanol–water partition coefficient (Wildman–Crippen LogP) is 15.0. The van der Waals surface area contributed by atoms with Crippen LogP contribution in [0.1, 0.15) is 27.8 Å². The van der Waals surface area contributed by atoms with Gasteiger partial charge in [-0.15, -0.1) is 0 Å². The molecule has 0 aliphatic heterocycles. The minimum absolute atomic E-state index is 0.531. The first kappa shape index (κ1) is 42.5. The third kappa shape index (κ3) is 7.25. The Morgan fingerprint density at radius 1 is 0.292 bits per heavy atom. The molecule has 0 bridgehead atoms. The van der Waals surface area contributed by atoms with Gasteiger partial charge in [-0.2, -0.15) is 26.3 Å². The normalized spacial score (nSPS) is 11.0. The van der Waals surface area contributed by atoms with Crippen LogP contribution in [0.2, 0.25) is 0 Å². The first-order chi connectivity index (χ1) is 35.4. The molecular weight excluding hydrogens is 881 g/mol. The minimum atomic E-state index is 0.531. The van der Waals surface area contributed by atoms with E-state index in [2.05, 4.69) is 118 Å². The van der Waals surface area contributed by atoms with Crippen molar-refractivity contribution in [2.24, 2.45) is 0 Å². The molecule has 0 atom stereocenters. The largest absolute Gasteiger partial charge is 0.307 e. The molecule has 0 aliphatic carbocycles. The zero-order valence-corrected chi connectivity index (χ0v) is 38.2. The summed E-state index contributed by atoms with van der Waals surface area (Å²) < 4.78 is 4.43. The van der Waals surface area contributed by atoms with E-state index in [1.54, 1.807) is 24.3 Å². The number of fused-ring (bicyclic) bond motifs is 6. The van der Waals surface area contributed by atoms with Crippen LogP contribution in [0.15, 0.2) is 206 Å². The van der Waals surface area contributed by atoms with Crippen molar-refractivity contribution in [3.8, 4) is 97.5 Å². The highest BCUT2D eigenvalue weighted by molar-refractivity contribution is 6.13. The number of aromatic nitrogens is 3. The van der Waals surface area contributed by atoms with Gasteiger partial charge in [-0.05, 0) is 141 Å². The summed E-state index contributed by atoms with van der Waals surface area (Å²) >= 11 is 0. The molecule has 3 aromatic heterocycles. The fourth-order valence-electron chi connectivity index (χ4n) is 10.0. The van der Waals surface area contributed by atoms with E-state index in [1.165, 1.54) is 0 Å². The van der Waals surface area contributed by atoms with Gasteiger partial charge in [0.25, 0.3) is 0 Å². The molecule has 12 aromatic rings. The lowest BCUT2D eigenvalue weighted by atomic mass is 10.0. The predicted molar refractivity (Wildman–Crippen MR) is 284 cm³/mol. The topological polar surface area (TPSA) is 142 Å². The van der Waals surface area contributed by atoms with Gasteiger partial charge in [0, 0.05) is 27.1 Å². The van der Waals surface area contributed by atoms with Gasteiger partial charge in [-0.25, -0.2) is 4.98 Å². The molecule has 12 rings (SSSR count). The lowest BCUT2D eigenvalue weighted by Gasteiger charge is -2.17. The maximum atomic E-state index is 9.95. The van der Waals surface area contributed by atoms with Crippen molar-refractivity contribution in [1.29, 1.82) is 26.3 Å². The van der Waals surface area contributed by atoms with E-state index in [9.17, 15) is 26.3 Å². The average Bonchev–Trinajstić information content (AvgIpc) is 3.96. The summed E-state index contributed by atoms with van der Waals surface area (Å²) in [5, 5.41) is 53.4. The Balaban J connectivity index is 1.16. The molecule has 0 aliphatic rings. The number of nitrogens with zero attached hydrogens (tertiary/aromatic N) is 8. The molecule has 0 radical (unpaired) electrons. The third-order valence-electron chi connectivity index (χ3n) is 13.5. The lowest BCUT2D eigenvalue weighted by molar-refractivity contribution is 1.06. The average molecular weight is 915 g/mol. The monoisotopic (exact) mass is 914 g/mol. The molecule has 9 aromatic carbocycles. The molecule has 0 saturated heterocycles. The first-order valence-electron chi connectivity index (χ1n) is 23.1. The van der Waals surface area contributed by atoms with Gasteiger partial charge in [-0.1, -0.05) is 109 Å². The highest BCUT2D eigenvalue weighted by atomic mass is 15.1. The quantitative estimate of drug-likeness (QED) is 0.156. The van der Waals surface area contributed by atoms with Gasteiger partial charge in [0.1, 0.15) is 5.82 Å². The van der Waals surface area contributed by atoms with Crippen LogP contribution in [0.25, 0.3) is 111 Å². The van der Waals surface area contributed by atoms with Gasteiger partial charge in [-0.3, -0.25) is 4.57 Å².